The molecule has 1 amide bonds. The molecule has 0 aliphatic carbocycles. The predicted molar refractivity (Wildman–Crippen MR) is 79.4 cm³/mol. The predicted octanol–water partition coefficient (Wildman–Crippen LogP) is 2.57. The molecule has 3 aromatic rings. The summed E-state index contributed by atoms with van der Waals surface area (Å²) in [6.45, 7) is 1.94. The quantitative estimate of drug-likeness (QED) is 0.784. The first kappa shape index (κ1) is 12.8. The van der Waals surface area contributed by atoms with Crippen LogP contribution in [0.2, 0.25) is 0 Å². The van der Waals surface area contributed by atoms with E-state index >= 15 is 0 Å². The van der Waals surface area contributed by atoms with E-state index in [1.807, 2.05) is 23.6 Å². The third kappa shape index (κ3) is 2.08. The molecule has 6 heteroatoms. The molecule has 0 saturated heterocycles. The third-order valence-electron chi connectivity index (χ3n) is 3.15. The van der Waals surface area contributed by atoms with Gasteiger partial charge in [-0.1, -0.05) is 6.07 Å². The molecule has 5 nitrogen and oxygen atoms in total. The van der Waals surface area contributed by atoms with E-state index in [0.29, 0.717) is 5.56 Å². The first-order chi connectivity index (χ1) is 9.56. The summed E-state index contributed by atoms with van der Waals surface area (Å²) in [4.78, 5) is 19.7. The van der Waals surface area contributed by atoms with Crippen LogP contribution in [0, 0.1) is 6.92 Å². The maximum absolute atomic E-state index is 11.2. The van der Waals surface area contributed by atoms with Crippen molar-refractivity contribution in [2.75, 3.05) is 0 Å². The number of nitrogens with two attached hydrogens (primary N) is 1. The van der Waals surface area contributed by atoms with E-state index in [-0.39, 0.29) is 0 Å². The highest BCUT2D eigenvalue weighted by Gasteiger charge is 2.11. The lowest BCUT2D eigenvalue weighted by Gasteiger charge is -2.07. The van der Waals surface area contributed by atoms with Crippen molar-refractivity contribution in [3.63, 3.8) is 0 Å². The summed E-state index contributed by atoms with van der Waals surface area (Å²) < 4.78 is 2.68. The second kappa shape index (κ2) is 4.72. The van der Waals surface area contributed by atoms with Crippen molar-refractivity contribution in [2.45, 2.75) is 6.92 Å². The molecule has 0 radical (unpaired) electrons. The molecule has 0 aliphatic heterocycles. The van der Waals surface area contributed by atoms with Crippen LogP contribution in [0.1, 0.15) is 15.9 Å². The third-order valence-corrected chi connectivity index (χ3v) is 3.56. The Kier molecular flexibility index (Phi) is 3.02. The second-order valence-electron chi connectivity index (χ2n) is 4.48. The van der Waals surface area contributed by atoms with Gasteiger partial charge in [-0.3, -0.25) is 9.20 Å². The highest BCUT2D eigenvalue weighted by Crippen LogP contribution is 2.25. The Hall–Kier alpha value is -2.21. The number of primary amides is 1. The molecule has 0 aliphatic rings. The lowest BCUT2D eigenvalue weighted by Crippen LogP contribution is -2.11. The smallest absolute Gasteiger partial charge is 0.248 e. The Morgan fingerprint density at radius 2 is 2.10 bits per heavy atom. The minimum atomic E-state index is -0.426. The fourth-order valence-electron chi connectivity index (χ4n) is 2.17. The van der Waals surface area contributed by atoms with Gasteiger partial charge in [-0.15, -0.1) is 0 Å². The number of fused-ring (bicyclic) bond motifs is 1. The van der Waals surface area contributed by atoms with Crippen LogP contribution in [0.25, 0.3) is 16.9 Å². The van der Waals surface area contributed by atoms with Crippen molar-refractivity contribution >= 4 is 27.5 Å². The van der Waals surface area contributed by atoms with Gasteiger partial charge in [-0.2, -0.15) is 0 Å². The number of nitrogens with zero attached hydrogens (tertiary/aromatic N) is 3. The molecule has 2 aromatic heterocycles. The minimum absolute atomic E-state index is 0.426. The number of benzene rings is 1. The van der Waals surface area contributed by atoms with Crippen LogP contribution in [0.5, 0.6) is 0 Å². The Morgan fingerprint density at radius 3 is 2.80 bits per heavy atom. The van der Waals surface area contributed by atoms with Crippen LogP contribution in [0.4, 0.5) is 0 Å². The van der Waals surface area contributed by atoms with E-state index in [1.54, 1.807) is 24.5 Å². The van der Waals surface area contributed by atoms with Crippen LogP contribution >= 0.6 is 15.9 Å². The maximum Gasteiger partial charge on any atom is 0.248 e. The number of carbonyl (C=O) groups excluding carboxylic acids is 1. The largest absolute Gasteiger partial charge is 0.366 e. The first-order valence-electron chi connectivity index (χ1n) is 5.95. The molecule has 20 heavy (non-hydrogen) atoms. The Labute approximate surface area is 123 Å². The summed E-state index contributed by atoms with van der Waals surface area (Å²) in [6, 6.07) is 5.39. The van der Waals surface area contributed by atoms with E-state index in [0.717, 1.165) is 27.1 Å². The zero-order chi connectivity index (χ0) is 14.3. The fraction of sp³-hybridized carbons (Fsp3) is 0.0714. The normalized spacial score (nSPS) is 10.9. The van der Waals surface area contributed by atoms with Crippen molar-refractivity contribution in [3.05, 3.63) is 52.5 Å². The van der Waals surface area contributed by atoms with E-state index in [1.165, 1.54) is 0 Å². The minimum Gasteiger partial charge on any atom is -0.366 e. The zero-order valence-electron chi connectivity index (χ0n) is 10.7. The van der Waals surface area contributed by atoms with Gasteiger partial charge in [0.05, 0.1) is 18.1 Å². The molecular formula is C14H11BrN4O. The highest BCUT2D eigenvalue weighted by molar-refractivity contribution is 9.10. The molecule has 2 heterocycles. The number of halogens is 1. The maximum atomic E-state index is 11.2. The van der Waals surface area contributed by atoms with E-state index in [2.05, 4.69) is 25.9 Å². The van der Waals surface area contributed by atoms with Crippen molar-refractivity contribution in [2.24, 2.45) is 5.73 Å². The number of amides is 1. The molecule has 1 aromatic carbocycles. The fourth-order valence-corrected chi connectivity index (χ4v) is 2.48. The van der Waals surface area contributed by atoms with Crippen LogP contribution < -0.4 is 5.73 Å². The summed E-state index contributed by atoms with van der Waals surface area (Å²) >= 11 is 3.35. The molecule has 3 rings (SSSR count). The van der Waals surface area contributed by atoms with Crippen LogP contribution in [0.15, 0.2) is 41.4 Å². The molecule has 0 fully saturated rings. The van der Waals surface area contributed by atoms with Gasteiger partial charge in [0.2, 0.25) is 5.91 Å². The number of carbonyl (C=O) groups is 1. The first-order valence-corrected chi connectivity index (χ1v) is 6.75. The monoisotopic (exact) mass is 330 g/mol. The van der Waals surface area contributed by atoms with Crippen molar-refractivity contribution < 1.29 is 4.79 Å². The van der Waals surface area contributed by atoms with Gasteiger partial charge in [-0.25, -0.2) is 9.97 Å². The van der Waals surface area contributed by atoms with Crippen LogP contribution in [-0.2, 0) is 0 Å². The molecule has 0 atom stereocenters. The molecule has 2 N–H and O–H groups in total. The van der Waals surface area contributed by atoms with Gasteiger partial charge in [-0.05, 0) is 40.5 Å². The van der Waals surface area contributed by atoms with Crippen molar-refractivity contribution in [3.8, 4) is 11.3 Å². The number of hydrogen-bond donors (Lipinski definition) is 1. The van der Waals surface area contributed by atoms with Crippen LogP contribution in [0.3, 0.4) is 0 Å². The van der Waals surface area contributed by atoms with E-state index in [4.69, 9.17) is 5.73 Å². The van der Waals surface area contributed by atoms with Gasteiger partial charge in [0.25, 0.3) is 0 Å². The summed E-state index contributed by atoms with van der Waals surface area (Å²) in [5.41, 5.74) is 9.47. The summed E-state index contributed by atoms with van der Waals surface area (Å²) in [6.07, 6.45) is 5.34. The summed E-state index contributed by atoms with van der Waals surface area (Å²) in [7, 11) is 0. The van der Waals surface area contributed by atoms with Gasteiger partial charge in [0.1, 0.15) is 4.60 Å². The van der Waals surface area contributed by atoms with Gasteiger partial charge in [0, 0.05) is 17.3 Å². The number of aryl methyl sites for hydroxylation is 1. The van der Waals surface area contributed by atoms with Gasteiger partial charge in [0.15, 0.2) is 5.65 Å². The highest BCUT2D eigenvalue weighted by atomic mass is 79.9. The second-order valence-corrected chi connectivity index (χ2v) is 5.29. The molecule has 0 bridgehead atoms. The number of aromatic nitrogens is 3. The number of hydrogen-bond acceptors (Lipinski definition) is 3. The number of rotatable bonds is 2. The molecular weight excluding hydrogens is 320 g/mol. The van der Waals surface area contributed by atoms with E-state index < -0.39 is 5.91 Å². The Bertz CT molecular complexity index is 825. The van der Waals surface area contributed by atoms with Crippen LogP contribution in [-0.4, -0.2) is 20.3 Å². The van der Waals surface area contributed by atoms with Crippen molar-refractivity contribution in [1.82, 2.24) is 14.4 Å². The van der Waals surface area contributed by atoms with E-state index in [9.17, 15) is 4.79 Å². The van der Waals surface area contributed by atoms with Gasteiger partial charge < -0.3 is 5.73 Å². The molecule has 0 saturated carbocycles. The van der Waals surface area contributed by atoms with Gasteiger partial charge >= 0.3 is 0 Å². The number of imidazole rings is 1. The molecule has 100 valence electrons. The average molecular weight is 331 g/mol. The lowest BCUT2D eigenvalue weighted by molar-refractivity contribution is 0.1000. The Morgan fingerprint density at radius 1 is 1.30 bits per heavy atom. The Balaban J connectivity index is 2.20. The molecule has 0 spiro atoms. The standard InChI is InChI=1S/C14H11BrN4O/c1-8-4-9(14(16)20)2-3-10(8)11-5-18-13-6-17-12(15)7-19(11)13/h2-7H,1H3,(H2,16,20). The average Bonchev–Trinajstić information content (AvgIpc) is 2.81. The summed E-state index contributed by atoms with van der Waals surface area (Å²) in [5.74, 6) is -0.426. The molecule has 0 unspecified atom stereocenters. The zero-order valence-corrected chi connectivity index (χ0v) is 12.3. The summed E-state index contributed by atoms with van der Waals surface area (Å²) in [5, 5.41) is 0. The lowest BCUT2D eigenvalue weighted by atomic mass is 10.0. The van der Waals surface area contributed by atoms with Crippen molar-refractivity contribution in [1.29, 1.82) is 0 Å². The topological polar surface area (TPSA) is 73.3 Å². The SMILES string of the molecule is Cc1cc(C(N)=O)ccc1-c1cnc2cnc(Br)cn12.